The molecule has 0 radical (unpaired) electrons. The standard InChI is InChI=1S/C18H14F2N6O2S/c1-11-8-17(26-18(23-11)21-10-22-26)24-12-2-4-13(5-3-12)25-29(27,28)14-6-7-15(19)16(20)9-14/h2-10,24-25H,1H3. The molecule has 0 fully saturated rings. The van der Waals surface area contributed by atoms with Crippen LogP contribution in [-0.2, 0) is 10.0 Å². The van der Waals surface area contributed by atoms with Crippen LogP contribution < -0.4 is 10.0 Å². The fourth-order valence-corrected chi connectivity index (χ4v) is 3.72. The molecular formula is C18H14F2N6O2S. The van der Waals surface area contributed by atoms with E-state index in [1.165, 1.54) is 23.0 Å². The Morgan fingerprint density at radius 3 is 2.41 bits per heavy atom. The van der Waals surface area contributed by atoms with Gasteiger partial charge in [-0.1, -0.05) is 0 Å². The van der Waals surface area contributed by atoms with Crippen LogP contribution in [0.2, 0.25) is 0 Å². The first-order valence-corrected chi connectivity index (χ1v) is 9.82. The summed E-state index contributed by atoms with van der Waals surface area (Å²) in [5.41, 5.74) is 1.68. The number of sulfonamides is 1. The van der Waals surface area contributed by atoms with Gasteiger partial charge in [-0.25, -0.2) is 22.2 Å². The van der Waals surface area contributed by atoms with Crippen LogP contribution >= 0.6 is 0 Å². The van der Waals surface area contributed by atoms with Crippen LogP contribution in [0.1, 0.15) is 5.69 Å². The topological polar surface area (TPSA) is 101 Å². The molecule has 8 nitrogen and oxygen atoms in total. The number of fused-ring (bicyclic) bond motifs is 1. The molecule has 0 amide bonds. The Hall–Kier alpha value is -3.60. The summed E-state index contributed by atoms with van der Waals surface area (Å²) in [6, 6.07) is 10.6. The van der Waals surface area contributed by atoms with Gasteiger partial charge in [-0.15, -0.1) is 0 Å². The predicted octanol–water partition coefficient (Wildman–Crippen LogP) is 3.26. The van der Waals surface area contributed by atoms with E-state index in [1.807, 2.05) is 6.92 Å². The number of aromatic nitrogens is 4. The zero-order valence-corrected chi connectivity index (χ0v) is 15.8. The summed E-state index contributed by atoms with van der Waals surface area (Å²) in [7, 11) is -4.06. The highest BCUT2D eigenvalue weighted by Gasteiger charge is 2.16. The molecule has 4 rings (SSSR count). The summed E-state index contributed by atoms with van der Waals surface area (Å²) in [6.45, 7) is 1.83. The number of rotatable bonds is 5. The maximum Gasteiger partial charge on any atom is 0.261 e. The Labute approximate surface area is 164 Å². The third-order valence-electron chi connectivity index (χ3n) is 3.99. The molecule has 0 bridgehead atoms. The average molecular weight is 416 g/mol. The minimum absolute atomic E-state index is 0.261. The van der Waals surface area contributed by atoms with E-state index >= 15 is 0 Å². The van der Waals surface area contributed by atoms with Crippen molar-refractivity contribution in [2.75, 3.05) is 10.0 Å². The first-order valence-electron chi connectivity index (χ1n) is 8.34. The minimum atomic E-state index is -4.06. The summed E-state index contributed by atoms with van der Waals surface area (Å²) in [5, 5.41) is 7.26. The second kappa shape index (κ2) is 7.09. The van der Waals surface area contributed by atoms with Crippen molar-refractivity contribution in [3.05, 3.63) is 72.2 Å². The van der Waals surface area contributed by atoms with Crippen LogP contribution in [0.4, 0.5) is 26.0 Å². The zero-order valence-electron chi connectivity index (χ0n) is 15.0. The highest BCUT2D eigenvalue weighted by atomic mass is 32.2. The van der Waals surface area contributed by atoms with Crippen molar-refractivity contribution in [3.63, 3.8) is 0 Å². The molecule has 2 N–H and O–H groups in total. The van der Waals surface area contributed by atoms with E-state index in [1.54, 1.807) is 18.2 Å². The van der Waals surface area contributed by atoms with Crippen LogP contribution in [-0.4, -0.2) is 28.0 Å². The van der Waals surface area contributed by atoms with Gasteiger partial charge in [0, 0.05) is 23.1 Å². The van der Waals surface area contributed by atoms with Crippen molar-refractivity contribution in [1.29, 1.82) is 0 Å². The van der Waals surface area contributed by atoms with Crippen LogP contribution in [0.3, 0.4) is 0 Å². The number of nitrogens with zero attached hydrogens (tertiary/aromatic N) is 4. The molecule has 0 saturated carbocycles. The maximum absolute atomic E-state index is 13.3. The molecule has 2 aromatic heterocycles. The molecule has 2 heterocycles. The zero-order chi connectivity index (χ0) is 20.6. The fourth-order valence-electron chi connectivity index (χ4n) is 2.65. The van der Waals surface area contributed by atoms with Gasteiger partial charge in [0.25, 0.3) is 15.8 Å². The predicted molar refractivity (Wildman–Crippen MR) is 102 cm³/mol. The lowest BCUT2D eigenvalue weighted by Crippen LogP contribution is -2.13. The van der Waals surface area contributed by atoms with Gasteiger partial charge in [0.2, 0.25) is 0 Å². The molecule has 4 aromatic rings. The molecule has 0 atom stereocenters. The molecule has 0 spiro atoms. The average Bonchev–Trinajstić information content (AvgIpc) is 3.14. The Morgan fingerprint density at radius 2 is 1.69 bits per heavy atom. The summed E-state index contributed by atoms with van der Waals surface area (Å²) < 4.78 is 54.9. The van der Waals surface area contributed by atoms with Crippen molar-refractivity contribution in [2.45, 2.75) is 11.8 Å². The summed E-state index contributed by atoms with van der Waals surface area (Å²) in [6.07, 6.45) is 1.39. The summed E-state index contributed by atoms with van der Waals surface area (Å²) in [5.74, 6) is -1.27. The summed E-state index contributed by atoms with van der Waals surface area (Å²) >= 11 is 0. The van der Waals surface area contributed by atoms with Gasteiger partial charge in [0.15, 0.2) is 11.6 Å². The SMILES string of the molecule is Cc1cc(Nc2ccc(NS(=O)(=O)c3ccc(F)c(F)c3)cc2)n2ncnc2n1. The molecule has 2 aromatic carbocycles. The van der Waals surface area contributed by atoms with Gasteiger partial charge < -0.3 is 5.32 Å². The minimum Gasteiger partial charge on any atom is -0.340 e. The first kappa shape index (κ1) is 18.7. The molecule has 0 aliphatic carbocycles. The van der Waals surface area contributed by atoms with Gasteiger partial charge in [-0.3, -0.25) is 4.72 Å². The molecule has 148 valence electrons. The number of hydrogen-bond donors (Lipinski definition) is 2. The molecule has 0 aliphatic heterocycles. The number of aryl methyl sites for hydroxylation is 1. The Balaban J connectivity index is 1.54. The lowest BCUT2D eigenvalue weighted by Gasteiger charge is -2.11. The highest BCUT2D eigenvalue weighted by Crippen LogP contribution is 2.22. The van der Waals surface area contributed by atoms with Gasteiger partial charge in [0.1, 0.15) is 12.1 Å². The van der Waals surface area contributed by atoms with Crippen molar-refractivity contribution in [2.24, 2.45) is 0 Å². The third kappa shape index (κ3) is 3.85. The van der Waals surface area contributed by atoms with Gasteiger partial charge in [0.05, 0.1) is 4.90 Å². The molecule has 29 heavy (non-hydrogen) atoms. The smallest absolute Gasteiger partial charge is 0.261 e. The van der Waals surface area contributed by atoms with Crippen LogP contribution in [0.5, 0.6) is 0 Å². The van der Waals surface area contributed by atoms with E-state index in [0.29, 0.717) is 23.3 Å². The van der Waals surface area contributed by atoms with E-state index in [2.05, 4.69) is 25.1 Å². The van der Waals surface area contributed by atoms with Crippen molar-refractivity contribution in [3.8, 4) is 0 Å². The Bertz CT molecular complexity index is 1310. The van der Waals surface area contributed by atoms with Gasteiger partial charge in [-0.05, 0) is 49.4 Å². The Morgan fingerprint density at radius 1 is 0.966 bits per heavy atom. The number of anilines is 3. The first-order chi connectivity index (χ1) is 13.8. The van der Waals surface area contributed by atoms with Crippen LogP contribution in [0.25, 0.3) is 5.78 Å². The Kier molecular flexibility index (Phi) is 4.59. The molecule has 0 aliphatic rings. The maximum atomic E-state index is 13.3. The number of halogens is 2. The van der Waals surface area contributed by atoms with E-state index < -0.39 is 21.7 Å². The molecule has 0 unspecified atom stereocenters. The largest absolute Gasteiger partial charge is 0.340 e. The van der Waals surface area contributed by atoms with Crippen molar-refractivity contribution in [1.82, 2.24) is 19.6 Å². The van der Waals surface area contributed by atoms with E-state index in [4.69, 9.17) is 0 Å². The fraction of sp³-hybridized carbons (Fsp3) is 0.0556. The van der Waals surface area contributed by atoms with Gasteiger partial charge in [-0.2, -0.15) is 14.6 Å². The quantitative estimate of drug-likeness (QED) is 0.518. The van der Waals surface area contributed by atoms with Crippen molar-refractivity contribution < 1.29 is 17.2 Å². The van der Waals surface area contributed by atoms with Gasteiger partial charge >= 0.3 is 0 Å². The van der Waals surface area contributed by atoms with Crippen LogP contribution in [0, 0.1) is 18.6 Å². The van der Waals surface area contributed by atoms with E-state index in [9.17, 15) is 17.2 Å². The lowest BCUT2D eigenvalue weighted by molar-refractivity contribution is 0.504. The number of benzene rings is 2. The molecule has 11 heteroatoms. The number of nitrogens with one attached hydrogen (secondary N) is 2. The monoisotopic (exact) mass is 416 g/mol. The van der Waals surface area contributed by atoms with Crippen molar-refractivity contribution >= 4 is 33.0 Å². The number of hydrogen-bond acceptors (Lipinski definition) is 6. The molecule has 0 saturated heterocycles. The molecular weight excluding hydrogens is 402 g/mol. The second-order valence-corrected chi connectivity index (χ2v) is 7.82. The van der Waals surface area contributed by atoms with Crippen LogP contribution in [0.15, 0.2) is 59.8 Å². The van der Waals surface area contributed by atoms with E-state index in [0.717, 1.165) is 17.8 Å². The third-order valence-corrected chi connectivity index (χ3v) is 5.37. The highest BCUT2D eigenvalue weighted by molar-refractivity contribution is 7.92. The second-order valence-electron chi connectivity index (χ2n) is 6.14. The summed E-state index contributed by atoms with van der Waals surface area (Å²) in [4.78, 5) is 7.93. The normalized spacial score (nSPS) is 11.6. The lowest BCUT2D eigenvalue weighted by atomic mass is 10.3. The van der Waals surface area contributed by atoms with E-state index in [-0.39, 0.29) is 10.6 Å².